The SMILES string of the molecule is CCNC(=NCc1ncc(CC)s1)N(C)Cc1cc(OC)c(OC)cc1C. The van der Waals surface area contributed by atoms with Crippen LogP contribution in [0, 0.1) is 6.92 Å². The van der Waals surface area contributed by atoms with Crippen LogP contribution in [0.4, 0.5) is 0 Å². The van der Waals surface area contributed by atoms with Gasteiger partial charge >= 0.3 is 0 Å². The highest BCUT2D eigenvalue weighted by Crippen LogP contribution is 2.30. The summed E-state index contributed by atoms with van der Waals surface area (Å²) in [6.45, 7) is 8.41. The first-order chi connectivity index (χ1) is 13.0. The van der Waals surface area contributed by atoms with Gasteiger partial charge in [-0.05, 0) is 43.5 Å². The fourth-order valence-corrected chi connectivity index (χ4v) is 3.51. The molecule has 27 heavy (non-hydrogen) atoms. The number of hydrogen-bond donors (Lipinski definition) is 1. The molecule has 1 aromatic heterocycles. The summed E-state index contributed by atoms with van der Waals surface area (Å²) < 4.78 is 10.8. The average molecular weight is 391 g/mol. The molecule has 0 aliphatic carbocycles. The first-order valence-electron chi connectivity index (χ1n) is 9.16. The lowest BCUT2D eigenvalue weighted by atomic mass is 10.1. The van der Waals surface area contributed by atoms with Crippen LogP contribution in [0.5, 0.6) is 11.5 Å². The molecule has 6 nitrogen and oxygen atoms in total. The van der Waals surface area contributed by atoms with Crippen molar-refractivity contribution in [1.29, 1.82) is 0 Å². The minimum atomic E-state index is 0.586. The fraction of sp³-hybridized carbons (Fsp3) is 0.500. The van der Waals surface area contributed by atoms with E-state index in [0.29, 0.717) is 6.54 Å². The molecule has 1 heterocycles. The van der Waals surface area contributed by atoms with Gasteiger partial charge in [0.15, 0.2) is 17.5 Å². The normalized spacial score (nSPS) is 11.4. The minimum Gasteiger partial charge on any atom is -0.493 e. The van der Waals surface area contributed by atoms with E-state index in [4.69, 9.17) is 14.5 Å². The minimum absolute atomic E-state index is 0.586. The Labute approximate surface area is 166 Å². The zero-order valence-electron chi connectivity index (χ0n) is 17.1. The topological polar surface area (TPSA) is 59.0 Å². The molecule has 148 valence electrons. The molecular weight excluding hydrogens is 360 g/mol. The van der Waals surface area contributed by atoms with Crippen LogP contribution in [-0.4, -0.2) is 43.7 Å². The molecule has 0 saturated heterocycles. The predicted molar refractivity (Wildman–Crippen MR) is 112 cm³/mol. The van der Waals surface area contributed by atoms with Crippen molar-refractivity contribution in [3.8, 4) is 11.5 Å². The van der Waals surface area contributed by atoms with Gasteiger partial charge in [-0.25, -0.2) is 9.98 Å². The quantitative estimate of drug-likeness (QED) is 0.551. The number of benzene rings is 1. The van der Waals surface area contributed by atoms with Crippen LogP contribution in [-0.2, 0) is 19.5 Å². The van der Waals surface area contributed by atoms with Gasteiger partial charge in [-0.15, -0.1) is 11.3 Å². The number of methoxy groups -OCH3 is 2. The maximum absolute atomic E-state index is 5.44. The summed E-state index contributed by atoms with van der Waals surface area (Å²) in [4.78, 5) is 12.6. The Hall–Kier alpha value is -2.28. The Morgan fingerprint density at radius 2 is 1.93 bits per heavy atom. The van der Waals surface area contributed by atoms with Crippen molar-refractivity contribution in [2.45, 2.75) is 40.3 Å². The van der Waals surface area contributed by atoms with Gasteiger partial charge in [0.05, 0.1) is 20.8 Å². The molecule has 1 N–H and O–H groups in total. The third-order valence-corrected chi connectivity index (χ3v) is 5.39. The standard InChI is InChI=1S/C20H30N4O2S/c1-7-16-11-22-19(27-16)12-23-20(21-8-2)24(4)13-15-10-18(26-6)17(25-5)9-14(15)3/h9-11H,7-8,12-13H2,1-6H3,(H,21,23). The van der Waals surface area contributed by atoms with Gasteiger partial charge in [-0.1, -0.05) is 6.92 Å². The van der Waals surface area contributed by atoms with Gasteiger partial charge in [-0.3, -0.25) is 0 Å². The first kappa shape index (κ1) is 21.0. The third kappa shape index (κ3) is 5.60. The number of nitrogens with one attached hydrogen (secondary N) is 1. The van der Waals surface area contributed by atoms with Gasteiger partial charge in [0.25, 0.3) is 0 Å². The maximum atomic E-state index is 5.44. The van der Waals surface area contributed by atoms with Crippen molar-refractivity contribution in [3.05, 3.63) is 39.3 Å². The molecule has 0 aliphatic rings. The van der Waals surface area contributed by atoms with Crippen LogP contribution in [0.25, 0.3) is 0 Å². The Balaban J connectivity index is 2.16. The van der Waals surface area contributed by atoms with Crippen LogP contribution in [0.3, 0.4) is 0 Å². The average Bonchev–Trinajstić information content (AvgIpc) is 3.14. The number of ether oxygens (including phenoxy) is 2. The van der Waals surface area contributed by atoms with E-state index in [1.807, 2.05) is 25.4 Å². The van der Waals surface area contributed by atoms with E-state index in [0.717, 1.165) is 47.5 Å². The lowest BCUT2D eigenvalue weighted by Crippen LogP contribution is -2.38. The predicted octanol–water partition coefficient (Wildman–Crippen LogP) is 3.63. The largest absolute Gasteiger partial charge is 0.493 e. The van der Waals surface area contributed by atoms with E-state index in [-0.39, 0.29) is 0 Å². The highest BCUT2D eigenvalue weighted by atomic mass is 32.1. The van der Waals surface area contributed by atoms with Crippen LogP contribution in [0.15, 0.2) is 23.3 Å². The van der Waals surface area contributed by atoms with Gasteiger partial charge in [0.2, 0.25) is 0 Å². The number of nitrogens with zero attached hydrogens (tertiary/aromatic N) is 3. The summed E-state index contributed by atoms with van der Waals surface area (Å²) in [7, 11) is 5.35. The number of hydrogen-bond acceptors (Lipinski definition) is 5. The molecule has 0 amide bonds. The Kier molecular flexibility index (Phi) is 7.91. The number of thiazole rings is 1. The van der Waals surface area contributed by atoms with Crippen LogP contribution >= 0.6 is 11.3 Å². The monoisotopic (exact) mass is 390 g/mol. The zero-order chi connectivity index (χ0) is 19.8. The number of aromatic nitrogens is 1. The maximum Gasteiger partial charge on any atom is 0.194 e. The van der Waals surface area contributed by atoms with Crippen LogP contribution in [0.2, 0.25) is 0 Å². The van der Waals surface area contributed by atoms with Gasteiger partial charge in [0, 0.05) is 31.2 Å². The molecule has 7 heteroatoms. The molecule has 0 bridgehead atoms. The zero-order valence-corrected chi connectivity index (χ0v) is 17.9. The molecule has 0 spiro atoms. The smallest absolute Gasteiger partial charge is 0.194 e. The van der Waals surface area contributed by atoms with Crippen molar-refractivity contribution in [1.82, 2.24) is 15.2 Å². The lowest BCUT2D eigenvalue weighted by molar-refractivity contribution is 0.353. The summed E-state index contributed by atoms with van der Waals surface area (Å²) in [5.74, 6) is 2.35. The number of aryl methyl sites for hydroxylation is 2. The van der Waals surface area contributed by atoms with Crippen molar-refractivity contribution in [2.24, 2.45) is 4.99 Å². The molecule has 0 unspecified atom stereocenters. The summed E-state index contributed by atoms with van der Waals surface area (Å²) in [6.07, 6.45) is 2.96. The number of aliphatic imine (C=N–C) groups is 1. The second kappa shape index (κ2) is 10.2. The Morgan fingerprint density at radius 1 is 1.22 bits per heavy atom. The van der Waals surface area contributed by atoms with Crippen LogP contribution < -0.4 is 14.8 Å². The molecule has 0 radical (unpaired) electrons. The molecular formula is C20H30N4O2S. The first-order valence-corrected chi connectivity index (χ1v) is 9.98. The summed E-state index contributed by atoms with van der Waals surface area (Å²) >= 11 is 1.73. The van der Waals surface area contributed by atoms with E-state index >= 15 is 0 Å². The molecule has 2 rings (SSSR count). The highest BCUT2D eigenvalue weighted by Gasteiger charge is 2.13. The molecule has 0 saturated carbocycles. The van der Waals surface area contributed by atoms with E-state index in [2.05, 4.69) is 36.0 Å². The summed E-state index contributed by atoms with van der Waals surface area (Å²) in [5.41, 5.74) is 2.33. The second-order valence-electron chi connectivity index (χ2n) is 6.23. The van der Waals surface area contributed by atoms with Crippen molar-refractivity contribution >= 4 is 17.3 Å². The highest BCUT2D eigenvalue weighted by molar-refractivity contribution is 7.11. The van der Waals surface area contributed by atoms with Crippen molar-refractivity contribution in [3.63, 3.8) is 0 Å². The van der Waals surface area contributed by atoms with E-state index in [1.54, 1.807) is 25.6 Å². The van der Waals surface area contributed by atoms with Gasteiger partial charge < -0.3 is 19.7 Å². The lowest BCUT2D eigenvalue weighted by Gasteiger charge is -2.23. The summed E-state index contributed by atoms with van der Waals surface area (Å²) in [6, 6.07) is 4.04. The van der Waals surface area contributed by atoms with Crippen molar-refractivity contribution < 1.29 is 9.47 Å². The van der Waals surface area contributed by atoms with Crippen molar-refractivity contribution in [2.75, 3.05) is 27.8 Å². The van der Waals surface area contributed by atoms with E-state index in [1.165, 1.54) is 10.4 Å². The van der Waals surface area contributed by atoms with Gasteiger partial charge in [-0.2, -0.15) is 0 Å². The third-order valence-electron chi connectivity index (χ3n) is 4.26. The molecule has 0 atom stereocenters. The molecule has 0 fully saturated rings. The van der Waals surface area contributed by atoms with Crippen LogP contribution in [0.1, 0.15) is 34.9 Å². The van der Waals surface area contributed by atoms with E-state index in [9.17, 15) is 0 Å². The summed E-state index contributed by atoms with van der Waals surface area (Å²) in [5, 5.41) is 4.40. The second-order valence-corrected chi connectivity index (χ2v) is 7.43. The van der Waals surface area contributed by atoms with E-state index < -0.39 is 0 Å². The van der Waals surface area contributed by atoms with Gasteiger partial charge in [0.1, 0.15) is 5.01 Å². The Morgan fingerprint density at radius 3 is 2.52 bits per heavy atom. The Bertz CT molecular complexity index is 773. The molecule has 0 aliphatic heterocycles. The molecule has 2 aromatic rings. The molecule has 1 aromatic carbocycles. The number of guanidine groups is 1. The number of rotatable bonds is 8. The fourth-order valence-electron chi connectivity index (χ4n) is 2.72.